The maximum Gasteiger partial charge on any atom is 0.0710 e. The third-order valence-corrected chi connectivity index (χ3v) is 3.76. The maximum absolute atomic E-state index is 5.78. The number of aryl methyl sites for hydroxylation is 2. The van der Waals surface area contributed by atoms with E-state index in [9.17, 15) is 0 Å². The van der Waals surface area contributed by atoms with E-state index in [4.69, 9.17) is 5.84 Å². The van der Waals surface area contributed by atoms with Crippen LogP contribution in [0.4, 0.5) is 0 Å². The Morgan fingerprint density at radius 3 is 2.33 bits per heavy atom. The molecular formula is C18H19N3. The van der Waals surface area contributed by atoms with Gasteiger partial charge in [0.2, 0.25) is 0 Å². The minimum absolute atomic E-state index is 0.0173. The number of hydrogen-bond donors (Lipinski definition) is 2. The van der Waals surface area contributed by atoms with Gasteiger partial charge in [-0.2, -0.15) is 0 Å². The van der Waals surface area contributed by atoms with Crippen LogP contribution >= 0.6 is 0 Å². The smallest absolute Gasteiger partial charge is 0.0710 e. The molecule has 3 heteroatoms. The predicted molar refractivity (Wildman–Crippen MR) is 86.8 cm³/mol. The number of rotatable bonds is 3. The van der Waals surface area contributed by atoms with Gasteiger partial charge in [0.05, 0.1) is 11.6 Å². The summed E-state index contributed by atoms with van der Waals surface area (Å²) in [5, 5.41) is 1.13. The second kappa shape index (κ2) is 5.64. The zero-order chi connectivity index (χ0) is 14.8. The third kappa shape index (κ3) is 2.79. The van der Waals surface area contributed by atoms with E-state index < -0.39 is 0 Å². The fourth-order valence-electron chi connectivity index (χ4n) is 2.57. The molecule has 0 fully saturated rings. The number of fused-ring (bicyclic) bond motifs is 1. The van der Waals surface area contributed by atoms with Crippen LogP contribution in [0.25, 0.3) is 10.9 Å². The van der Waals surface area contributed by atoms with Gasteiger partial charge in [-0.25, -0.2) is 5.43 Å². The lowest BCUT2D eigenvalue weighted by molar-refractivity contribution is 0.637. The molecule has 1 aromatic heterocycles. The minimum atomic E-state index is -0.0173. The Kier molecular flexibility index (Phi) is 3.69. The molecule has 0 spiro atoms. The van der Waals surface area contributed by atoms with Crippen LogP contribution in [0.2, 0.25) is 0 Å². The highest BCUT2D eigenvalue weighted by molar-refractivity contribution is 5.79. The van der Waals surface area contributed by atoms with Gasteiger partial charge in [-0.15, -0.1) is 0 Å². The molecule has 1 unspecified atom stereocenters. The van der Waals surface area contributed by atoms with Crippen molar-refractivity contribution < 1.29 is 0 Å². The first-order chi connectivity index (χ1) is 10.2. The van der Waals surface area contributed by atoms with Crippen molar-refractivity contribution in [2.24, 2.45) is 5.84 Å². The van der Waals surface area contributed by atoms with Gasteiger partial charge in [0.1, 0.15) is 0 Å². The van der Waals surface area contributed by atoms with E-state index >= 15 is 0 Å². The van der Waals surface area contributed by atoms with E-state index in [0.29, 0.717) is 0 Å². The Balaban J connectivity index is 2.04. The summed E-state index contributed by atoms with van der Waals surface area (Å²) in [5.41, 5.74) is 8.49. The van der Waals surface area contributed by atoms with Crippen molar-refractivity contribution in [3.05, 3.63) is 77.0 Å². The van der Waals surface area contributed by atoms with Gasteiger partial charge in [-0.1, -0.05) is 42.0 Å². The number of nitrogens with zero attached hydrogens (tertiary/aromatic N) is 1. The van der Waals surface area contributed by atoms with Crippen molar-refractivity contribution in [1.82, 2.24) is 10.4 Å². The number of nitrogens with one attached hydrogen (secondary N) is 1. The van der Waals surface area contributed by atoms with Crippen molar-refractivity contribution in [3.63, 3.8) is 0 Å². The van der Waals surface area contributed by atoms with Crippen LogP contribution in [0.3, 0.4) is 0 Å². The molecule has 3 nitrogen and oxygen atoms in total. The summed E-state index contributed by atoms with van der Waals surface area (Å²) in [7, 11) is 0. The third-order valence-electron chi connectivity index (χ3n) is 3.76. The van der Waals surface area contributed by atoms with Gasteiger partial charge in [0.25, 0.3) is 0 Å². The van der Waals surface area contributed by atoms with Crippen LogP contribution in [0, 0.1) is 13.8 Å². The fourth-order valence-corrected chi connectivity index (χ4v) is 2.57. The summed E-state index contributed by atoms with van der Waals surface area (Å²) in [4.78, 5) is 4.53. The first-order valence-electron chi connectivity index (χ1n) is 7.07. The van der Waals surface area contributed by atoms with Gasteiger partial charge in [0, 0.05) is 11.1 Å². The fraction of sp³-hybridized carbons (Fsp3) is 0.167. The number of benzene rings is 2. The quantitative estimate of drug-likeness (QED) is 0.570. The summed E-state index contributed by atoms with van der Waals surface area (Å²) >= 11 is 0. The Labute approximate surface area is 124 Å². The normalized spacial score (nSPS) is 12.5. The molecule has 0 saturated carbocycles. The lowest BCUT2D eigenvalue weighted by Crippen LogP contribution is -2.28. The highest BCUT2D eigenvalue weighted by Crippen LogP contribution is 2.25. The Morgan fingerprint density at radius 1 is 0.905 bits per heavy atom. The molecule has 0 radical (unpaired) electrons. The molecule has 0 aliphatic rings. The van der Waals surface area contributed by atoms with Crippen molar-refractivity contribution >= 4 is 10.9 Å². The second-order valence-corrected chi connectivity index (χ2v) is 5.42. The molecule has 106 valence electrons. The molecule has 0 aliphatic heterocycles. The predicted octanol–water partition coefficient (Wildman–Crippen LogP) is 3.40. The molecule has 1 heterocycles. The van der Waals surface area contributed by atoms with Gasteiger partial charge in [-0.3, -0.25) is 10.8 Å². The molecule has 3 N–H and O–H groups in total. The van der Waals surface area contributed by atoms with E-state index in [1.165, 1.54) is 5.56 Å². The largest absolute Gasteiger partial charge is 0.271 e. The van der Waals surface area contributed by atoms with Crippen molar-refractivity contribution in [2.75, 3.05) is 0 Å². The molecule has 0 aliphatic carbocycles. The minimum Gasteiger partial charge on any atom is -0.271 e. The lowest BCUT2D eigenvalue weighted by atomic mass is 9.97. The molecule has 21 heavy (non-hydrogen) atoms. The zero-order valence-electron chi connectivity index (χ0n) is 12.3. The van der Waals surface area contributed by atoms with Crippen LogP contribution < -0.4 is 11.3 Å². The number of pyridine rings is 1. The average Bonchev–Trinajstić information content (AvgIpc) is 2.50. The van der Waals surface area contributed by atoms with E-state index in [-0.39, 0.29) is 6.04 Å². The monoisotopic (exact) mass is 277 g/mol. The van der Waals surface area contributed by atoms with E-state index in [0.717, 1.165) is 27.7 Å². The first-order valence-corrected chi connectivity index (χ1v) is 7.07. The SMILES string of the molecule is Cc1ccc(C(NN)c2ccc3nc(C)ccc3c2)cc1. The van der Waals surface area contributed by atoms with Crippen LogP contribution in [-0.4, -0.2) is 4.98 Å². The van der Waals surface area contributed by atoms with Crippen molar-refractivity contribution in [1.29, 1.82) is 0 Å². The summed E-state index contributed by atoms with van der Waals surface area (Å²) < 4.78 is 0. The molecule has 1 atom stereocenters. The molecular weight excluding hydrogens is 258 g/mol. The first kappa shape index (κ1) is 13.7. The average molecular weight is 277 g/mol. The van der Waals surface area contributed by atoms with E-state index in [1.54, 1.807) is 0 Å². The van der Waals surface area contributed by atoms with Crippen molar-refractivity contribution in [3.8, 4) is 0 Å². The Bertz CT molecular complexity index is 763. The Morgan fingerprint density at radius 2 is 1.62 bits per heavy atom. The summed E-state index contributed by atoms with van der Waals surface area (Å²) in [6.07, 6.45) is 0. The van der Waals surface area contributed by atoms with Crippen LogP contribution in [0.5, 0.6) is 0 Å². The van der Waals surface area contributed by atoms with Crippen LogP contribution in [-0.2, 0) is 0 Å². The lowest BCUT2D eigenvalue weighted by Gasteiger charge is -2.17. The van der Waals surface area contributed by atoms with E-state index in [1.807, 2.05) is 13.0 Å². The van der Waals surface area contributed by atoms with Crippen molar-refractivity contribution in [2.45, 2.75) is 19.9 Å². The van der Waals surface area contributed by atoms with Gasteiger partial charge >= 0.3 is 0 Å². The molecule has 3 aromatic rings. The number of nitrogens with two attached hydrogens (primary N) is 1. The van der Waals surface area contributed by atoms with Crippen LogP contribution in [0.15, 0.2) is 54.6 Å². The van der Waals surface area contributed by atoms with E-state index in [2.05, 4.69) is 65.9 Å². The zero-order valence-corrected chi connectivity index (χ0v) is 12.3. The number of hydrogen-bond acceptors (Lipinski definition) is 3. The summed E-state index contributed by atoms with van der Waals surface area (Å²) in [6.45, 7) is 4.09. The standard InChI is InChI=1S/C18H19N3/c1-12-3-6-14(7-4-12)18(21-19)16-9-10-17-15(11-16)8-5-13(2)20-17/h3-11,18,21H,19H2,1-2H3. The van der Waals surface area contributed by atoms with Gasteiger partial charge < -0.3 is 0 Å². The summed E-state index contributed by atoms with van der Waals surface area (Å²) in [6, 6.07) is 18.8. The Hall–Kier alpha value is -2.23. The number of hydrazine groups is 1. The molecule has 0 amide bonds. The van der Waals surface area contributed by atoms with Gasteiger partial charge in [-0.05, 0) is 43.2 Å². The maximum atomic E-state index is 5.78. The molecule has 3 rings (SSSR count). The number of aromatic nitrogens is 1. The molecule has 0 bridgehead atoms. The van der Waals surface area contributed by atoms with Gasteiger partial charge in [0.15, 0.2) is 0 Å². The van der Waals surface area contributed by atoms with Crippen LogP contribution in [0.1, 0.15) is 28.4 Å². The topological polar surface area (TPSA) is 50.9 Å². The molecule has 0 saturated heterocycles. The second-order valence-electron chi connectivity index (χ2n) is 5.42. The molecule has 2 aromatic carbocycles. The highest BCUT2D eigenvalue weighted by atomic mass is 15.2. The highest BCUT2D eigenvalue weighted by Gasteiger charge is 2.12. The summed E-state index contributed by atoms with van der Waals surface area (Å²) in [5.74, 6) is 5.78.